The lowest BCUT2D eigenvalue weighted by Crippen LogP contribution is -2.14. The molecule has 20 heavy (non-hydrogen) atoms. The van der Waals surface area contributed by atoms with Gasteiger partial charge in [-0.05, 0) is 40.8 Å². The van der Waals surface area contributed by atoms with Gasteiger partial charge in [-0.15, -0.1) is 0 Å². The lowest BCUT2D eigenvalue weighted by atomic mass is 10.3. The zero-order chi connectivity index (χ0) is 14.5. The van der Waals surface area contributed by atoms with Crippen LogP contribution in [0.5, 0.6) is 0 Å². The van der Waals surface area contributed by atoms with Crippen LogP contribution in [0.3, 0.4) is 0 Å². The monoisotopic (exact) mass is 403 g/mol. The first kappa shape index (κ1) is 15.3. The number of thioether (sulfide) groups is 1. The summed E-state index contributed by atoms with van der Waals surface area (Å²) in [6.45, 7) is -0.0568. The number of nitrogens with zero attached hydrogens (tertiary/aromatic N) is 2. The molecule has 0 aliphatic carbocycles. The molecule has 2 rings (SSSR count). The predicted octanol–water partition coefficient (Wildman–Crippen LogP) is 2.25. The second kappa shape index (κ2) is 7.09. The maximum absolute atomic E-state index is 11.9. The number of rotatable bonds is 5. The number of imidazole rings is 1. The fourth-order valence-corrected chi connectivity index (χ4v) is 2.91. The lowest BCUT2D eigenvalue weighted by Gasteiger charge is -2.06. The Balaban J connectivity index is 1.90. The Labute approximate surface area is 134 Å². The van der Waals surface area contributed by atoms with Crippen molar-refractivity contribution >= 4 is 45.9 Å². The van der Waals surface area contributed by atoms with E-state index in [-0.39, 0.29) is 18.3 Å². The highest BCUT2D eigenvalue weighted by Crippen LogP contribution is 2.18. The van der Waals surface area contributed by atoms with Crippen molar-refractivity contribution < 1.29 is 9.90 Å². The van der Waals surface area contributed by atoms with Crippen molar-refractivity contribution in [1.29, 1.82) is 0 Å². The van der Waals surface area contributed by atoms with Crippen molar-refractivity contribution in [2.45, 2.75) is 11.8 Å². The van der Waals surface area contributed by atoms with E-state index in [1.807, 2.05) is 31.3 Å². The van der Waals surface area contributed by atoms with Gasteiger partial charge in [-0.1, -0.05) is 17.8 Å². The third kappa shape index (κ3) is 3.97. The van der Waals surface area contributed by atoms with Crippen molar-refractivity contribution in [1.82, 2.24) is 9.55 Å². The number of aliphatic hydroxyl groups is 1. The molecule has 7 heteroatoms. The molecule has 1 amide bonds. The van der Waals surface area contributed by atoms with E-state index in [1.165, 1.54) is 11.8 Å². The number of benzene rings is 1. The molecular weight excluding hydrogens is 389 g/mol. The first-order valence-corrected chi connectivity index (χ1v) is 7.96. The second-order valence-corrected chi connectivity index (χ2v) is 6.28. The fourth-order valence-electron chi connectivity index (χ4n) is 1.60. The summed E-state index contributed by atoms with van der Waals surface area (Å²) in [5.74, 6) is 0.201. The van der Waals surface area contributed by atoms with Crippen LogP contribution in [0.1, 0.15) is 5.69 Å². The molecule has 0 aliphatic rings. The van der Waals surface area contributed by atoms with E-state index in [9.17, 15) is 4.79 Å². The van der Waals surface area contributed by atoms with E-state index in [4.69, 9.17) is 5.11 Å². The Kier molecular flexibility index (Phi) is 5.44. The average molecular weight is 403 g/mol. The van der Waals surface area contributed by atoms with E-state index in [2.05, 4.69) is 32.9 Å². The Morgan fingerprint density at radius 3 is 3.00 bits per heavy atom. The number of nitrogens with one attached hydrogen (secondary N) is 1. The quantitative estimate of drug-likeness (QED) is 0.594. The topological polar surface area (TPSA) is 67.1 Å². The number of halogens is 1. The third-order valence-corrected chi connectivity index (χ3v) is 4.36. The van der Waals surface area contributed by atoms with Crippen molar-refractivity contribution in [2.24, 2.45) is 7.05 Å². The predicted molar refractivity (Wildman–Crippen MR) is 87.6 cm³/mol. The summed E-state index contributed by atoms with van der Waals surface area (Å²) >= 11 is 3.54. The van der Waals surface area contributed by atoms with Crippen molar-refractivity contribution in [3.8, 4) is 0 Å². The first-order chi connectivity index (χ1) is 9.60. The Morgan fingerprint density at radius 2 is 2.35 bits per heavy atom. The SMILES string of the molecule is Cn1c(CO)cnc1SCC(=O)Nc1cccc(I)c1. The summed E-state index contributed by atoms with van der Waals surface area (Å²) in [6.07, 6.45) is 1.61. The third-order valence-electron chi connectivity index (χ3n) is 2.64. The molecule has 2 aromatic rings. The highest BCUT2D eigenvalue weighted by atomic mass is 127. The van der Waals surface area contributed by atoms with E-state index in [0.717, 1.165) is 15.0 Å². The molecule has 2 N–H and O–H groups in total. The van der Waals surface area contributed by atoms with Gasteiger partial charge in [0, 0.05) is 16.3 Å². The average Bonchev–Trinajstić information content (AvgIpc) is 2.77. The molecule has 1 heterocycles. The minimum Gasteiger partial charge on any atom is -0.390 e. The maximum Gasteiger partial charge on any atom is 0.234 e. The van der Waals surface area contributed by atoms with Gasteiger partial charge in [0.2, 0.25) is 5.91 Å². The Bertz CT molecular complexity index is 615. The molecule has 0 radical (unpaired) electrons. The van der Waals surface area contributed by atoms with Crippen LogP contribution in [0, 0.1) is 3.57 Å². The van der Waals surface area contributed by atoms with E-state index in [1.54, 1.807) is 10.8 Å². The molecule has 1 aromatic heterocycles. The van der Waals surface area contributed by atoms with Crippen LogP contribution < -0.4 is 5.32 Å². The summed E-state index contributed by atoms with van der Waals surface area (Å²) in [7, 11) is 1.82. The molecule has 106 valence electrons. The molecule has 0 unspecified atom stereocenters. The van der Waals surface area contributed by atoms with E-state index in [0.29, 0.717) is 5.16 Å². The number of carbonyl (C=O) groups is 1. The van der Waals surface area contributed by atoms with Crippen LogP contribution in [0.4, 0.5) is 5.69 Å². The van der Waals surface area contributed by atoms with Crippen LogP contribution in [0.2, 0.25) is 0 Å². The maximum atomic E-state index is 11.9. The molecule has 0 aliphatic heterocycles. The van der Waals surface area contributed by atoms with Gasteiger partial charge in [0.15, 0.2) is 5.16 Å². The van der Waals surface area contributed by atoms with Gasteiger partial charge >= 0.3 is 0 Å². The van der Waals surface area contributed by atoms with Gasteiger partial charge in [0.05, 0.1) is 24.3 Å². The van der Waals surface area contributed by atoms with Crippen LogP contribution in [-0.2, 0) is 18.4 Å². The number of aromatic nitrogens is 2. The first-order valence-electron chi connectivity index (χ1n) is 5.90. The number of amides is 1. The second-order valence-electron chi connectivity index (χ2n) is 4.10. The van der Waals surface area contributed by atoms with Gasteiger partial charge in [0.1, 0.15) is 0 Å². The molecule has 0 fully saturated rings. The molecule has 0 spiro atoms. The summed E-state index contributed by atoms with van der Waals surface area (Å²) < 4.78 is 2.85. The highest BCUT2D eigenvalue weighted by Gasteiger charge is 2.09. The number of anilines is 1. The van der Waals surface area contributed by atoms with Gasteiger partial charge < -0.3 is 15.0 Å². The largest absolute Gasteiger partial charge is 0.390 e. The molecule has 0 saturated heterocycles. The van der Waals surface area contributed by atoms with Gasteiger partial charge in [-0.25, -0.2) is 4.98 Å². The number of carbonyl (C=O) groups excluding carboxylic acids is 1. The number of aliphatic hydroxyl groups excluding tert-OH is 1. The van der Waals surface area contributed by atoms with E-state index < -0.39 is 0 Å². The zero-order valence-corrected chi connectivity index (χ0v) is 13.8. The molecule has 5 nitrogen and oxygen atoms in total. The van der Waals surface area contributed by atoms with Crippen molar-refractivity contribution in [2.75, 3.05) is 11.1 Å². The van der Waals surface area contributed by atoms with Crippen LogP contribution in [-0.4, -0.2) is 26.3 Å². The van der Waals surface area contributed by atoms with Crippen molar-refractivity contribution in [3.63, 3.8) is 0 Å². The smallest absolute Gasteiger partial charge is 0.234 e. The summed E-state index contributed by atoms with van der Waals surface area (Å²) in [6, 6.07) is 7.63. The molecular formula is C13H14IN3O2S. The lowest BCUT2D eigenvalue weighted by molar-refractivity contribution is -0.113. The summed E-state index contributed by atoms with van der Waals surface area (Å²) in [5.41, 5.74) is 1.52. The zero-order valence-electron chi connectivity index (χ0n) is 10.8. The Hall–Kier alpha value is -1.06. The fraction of sp³-hybridized carbons (Fsp3) is 0.231. The molecule has 0 atom stereocenters. The highest BCUT2D eigenvalue weighted by molar-refractivity contribution is 14.1. The van der Waals surface area contributed by atoms with Crippen molar-refractivity contribution in [3.05, 3.63) is 39.7 Å². The summed E-state index contributed by atoms with van der Waals surface area (Å²) in [5, 5.41) is 12.6. The van der Waals surface area contributed by atoms with Gasteiger partial charge in [-0.3, -0.25) is 4.79 Å². The van der Waals surface area contributed by atoms with E-state index >= 15 is 0 Å². The molecule has 1 aromatic carbocycles. The minimum absolute atomic E-state index is 0.0568. The molecule has 0 bridgehead atoms. The molecule has 0 saturated carbocycles. The summed E-state index contributed by atoms with van der Waals surface area (Å²) in [4.78, 5) is 16.0. The minimum atomic E-state index is -0.0782. The van der Waals surface area contributed by atoms with Crippen LogP contribution in [0.15, 0.2) is 35.6 Å². The number of hydrogen-bond acceptors (Lipinski definition) is 4. The van der Waals surface area contributed by atoms with Crippen LogP contribution >= 0.6 is 34.4 Å². The number of hydrogen-bond donors (Lipinski definition) is 2. The standard InChI is InChI=1S/C13H14IN3O2S/c1-17-11(7-18)6-15-13(17)20-8-12(19)16-10-4-2-3-9(14)5-10/h2-6,18H,7-8H2,1H3,(H,16,19). The van der Waals surface area contributed by atoms with Gasteiger partial charge in [0.25, 0.3) is 0 Å². The Morgan fingerprint density at radius 1 is 1.55 bits per heavy atom. The normalized spacial score (nSPS) is 10.6. The van der Waals surface area contributed by atoms with Gasteiger partial charge in [-0.2, -0.15) is 0 Å². The van der Waals surface area contributed by atoms with Crippen LogP contribution in [0.25, 0.3) is 0 Å².